The molecule has 6 heteroatoms. The Hall–Kier alpha value is -0.750. The summed E-state index contributed by atoms with van der Waals surface area (Å²) in [5, 5.41) is 12.6. The Morgan fingerprint density at radius 2 is 2.41 bits per heavy atom. The maximum atomic E-state index is 8.59. The standard InChI is InChI=1S/C11H14BrN3OS/c12-8-2-1-5-14-10(8)17-7-11(3-4-11)6-9(13)15-16/h1-2,5,16H,3-4,6-7H2,(H2,13,15). The molecule has 1 aromatic heterocycles. The lowest BCUT2D eigenvalue weighted by atomic mass is 10.1. The van der Waals surface area contributed by atoms with Gasteiger partial charge in [-0.05, 0) is 46.3 Å². The Kier molecular flexibility index (Phi) is 3.93. The van der Waals surface area contributed by atoms with Gasteiger partial charge in [0, 0.05) is 22.8 Å². The third kappa shape index (κ3) is 3.35. The molecule has 0 aromatic carbocycles. The predicted molar refractivity (Wildman–Crippen MR) is 72.4 cm³/mol. The van der Waals surface area contributed by atoms with Crippen LogP contribution in [-0.2, 0) is 0 Å². The van der Waals surface area contributed by atoms with E-state index in [9.17, 15) is 0 Å². The van der Waals surface area contributed by atoms with Gasteiger partial charge in [-0.3, -0.25) is 0 Å². The smallest absolute Gasteiger partial charge is 0.139 e. The van der Waals surface area contributed by atoms with E-state index >= 15 is 0 Å². The topological polar surface area (TPSA) is 71.5 Å². The highest BCUT2D eigenvalue weighted by Gasteiger charge is 2.43. The Labute approximate surface area is 113 Å². The van der Waals surface area contributed by atoms with Crippen LogP contribution in [-0.4, -0.2) is 21.8 Å². The molecule has 0 aliphatic heterocycles. The summed E-state index contributed by atoms with van der Waals surface area (Å²) in [6.07, 6.45) is 4.73. The lowest BCUT2D eigenvalue weighted by Crippen LogP contribution is -2.19. The SMILES string of the molecule is NC(CC1(CSc2ncccc2Br)CC1)=NO. The van der Waals surface area contributed by atoms with Crippen LogP contribution in [0.25, 0.3) is 0 Å². The fourth-order valence-electron chi connectivity index (χ4n) is 1.67. The second kappa shape index (κ2) is 5.27. The molecule has 4 nitrogen and oxygen atoms in total. The first-order chi connectivity index (χ1) is 8.15. The van der Waals surface area contributed by atoms with Gasteiger partial charge in [-0.1, -0.05) is 5.16 Å². The van der Waals surface area contributed by atoms with Crippen molar-refractivity contribution in [2.24, 2.45) is 16.3 Å². The first-order valence-electron chi connectivity index (χ1n) is 5.35. The van der Waals surface area contributed by atoms with E-state index in [0.717, 1.165) is 28.1 Å². The van der Waals surface area contributed by atoms with E-state index < -0.39 is 0 Å². The lowest BCUT2D eigenvalue weighted by Gasteiger charge is -2.13. The van der Waals surface area contributed by atoms with Crippen LogP contribution in [0, 0.1) is 5.41 Å². The zero-order valence-corrected chi connectivity index (χ0v) is 11.7. The highest BCUT2D eigenvalue weighted by Crippen LogP contribution is 2.52. The van der Waals surface area contributed by atoms with Crippen molar-refractivity contribution < 1.29 is 5.21 Å². The Bertz CT molecular complexity index is 434. The molecule has 0 atom stereocenters. The number of rotatable bonds is 5. The van der Waals surface area contributed by atoms with Crippen LogP contribution >= 0.6 is 27.7 Å². The van der Waals surface area contributed by atoms with Gasteiger partial charge in [-0.2, -0.15) is 0 Å². The molecule has 2 rings (SSSR count). The summed E-state index contributed by atoms with van der Waals surface area (Å²) >= 11 is 5.20. The number of pyridine rings is 1. The minimum absolute atomic E-state index is 0.206. The molecule has 0 radical (unpaired) electrons. The van der Waals surface area contributed by atoms with Crippen molar-refractivity contribution in [3.8, 4) is 0 Å². The highest BCUT2D eigenvalue weighted by atomic mass is 79.9. The average molecular weight is 316 g/mol. The number of oxime groups is 1. The Morgan fingerprint density at radius 1 is 1.65 bits per heavy atom. The molecule has 1 heterocycles. The van der Waals surface area contributed by atoms with Crippen LogP contribution < -0.4 is 5.73 Å². The number of aromatic nitrogens is 1. The second-order valence-electron chi connectivity index (χ2n) is 4.35. The van der Waals surface area contributed by atoms with Crippen molar-refractivity contribution in [2.75, 3.05) is 5.75 Å². The van der Waals surface area contributed by atoms with Gasteiger partial charge in [0.25, 0.3) is 0 Å². The van der Waals surface area contributed by atoms with Crippen LogP contribution in [0.15, 0.2) is 33.0 Å². The van der Waals surface area contributed by atoms with Crippen molar-refractivity contribution in [1.29, 1.82) is 0 Å². The second-order valence-corrected chi connectivity index (χ2v) is 6.17. The van der Waals surface area contributed by atoms with E-state index in [1.165, 1.54) is 0 Å². The number of nitrogens with two attached hydrogens (primary N) is 1. The van der Waals surface area contributed by atoms with Crippen molar-refractivity contribution in [3.63, 3.8) is 0 Å². The normalized spacial score (nSPS) is 18.1. The summed E-state index contributed by atoms with van der Waals surface area (Å²) < 4.78 is 1.02. The molecular weight excluding hydrogens is 302 g/mol. The van der Waals surface area contributed by atoms with E-state index in [1.54, 1.807) is 18.0 Å². The number of amidine groups is 1. The third-order valence-corrected chi connectivity index (χ3v) is 5.14. The summed E-state index contributed by atoms with van der Waals surface area (Å²) in [6, 6.07) is 3.88. The summed E-state index contributed by atoms with van der Waals surface area (Å²) in [7, 11) is 0. The van der Waals surface area contributed by atoms with Gasteiger partial charge in [0.15, 0.2) is 0 Å². The van der Waals surface area contributed by atoms with Crippen molar-refractivity contribution in [2.45, 2.75) is 24.3 Å². The predicted octanol–water partition coefficient (Wildman–Crippen LogP) is 2.85. The van der Waals surface area contributed by atoms with Gasteiger partial charge in [-0.15, -0.1) is 11.8 Å². The van der Waals surface area contributed by atoms with Crippen molar-refractivity contribution >= 4 is 33.5 Å². The highest BCUT2D eigenvalue weighted by molar-refractivity contribution is 9.10. The van der Waals surface area contributed by atoms with Crippen LogP contribution in [0.1, 0.15) is 19.3 Å². The minimum atomic E-state index is 0.206. The zero-order valence-electron chi connectivity index (χ0n) is 9.27. The molecule has 92 valence electrons. The molecule has 3 N–H and O–H groups in total. The summed E-state index contributed by atoms with van der Waals surface area (Å²) in [5.41, 5.74) is 5.77. The number of halogens is 1. The van der Waals surface area contributed by atoms with Crippen LogP contribution in [0.2, 0.25) is 0 Å². The quantitative estimate of drug-likeness (QED) is 0.288. The zero-order chi connectivity index (χ0) is 12.3. The summed E-state index contributed by atoms with van der Waals surface area (Å²) in [6.45, 7) is 0. The molecule has 0 unspecified atom stereocenters. The van der Waals surface area contributed by atoms with E-state index in [1.807, 2.05) is 12.1 Å². The minimum Gasteiger partial charge on any atom is -0.409 e. The number of thioether (sulfide) groups is 1. The molecule has 17 heavy (non-hydrogen) atoms. The maximum Gasteiger partial charge on any atom is 0.139 e. The molecule has 1 aliphatic rings. The molecule has 0 spiro atoms. The molecule has 1 fully saturated rings. The Morgan fingerprint density at radius 3 is 3.00 bits per heavy atom. The summed E-state index contributed by atoms with van der Waals surface area (Å²) in [4.78, 5) is 4.31. The monoisotopic (exact) mass is 315 g/mol. The largest absolute Gasteiger partial charge is 0.409 e. The van der Waals surface area contributed by atoms with Crippen molar-refractivity contribution in [3.05, 3.63) is 22.8 Å². The van der Waals surface area contributed by atoms with Gasteiger partial charge in [0.1, 0.15) is 10.9 Å². The van der Waals surface area contributed by atoms with E-state index in [2.05, 4.69) is 26.1 Å². The lowest BCUT2D eigenvalue weighted by molar-refractivity contribution is 0.315. The molecule has 0 amide bonds. The fourth-order valence-corrected chi connectivity index (χ4v) is 3.44. The molecular formula is C11H14BrN3OS. The van der Waals surface area contributed by atoms with Gasteiger partial charge in [-0.25, -0.2) is 4.98 Å². The average Bonchev–Trinajstić information content (AvgIpc) is 3.08. The van der Waals surface area contributed by atoms with Gasteiger partial charge < -0.3 is 10.9 Å². The van der Waals surface area contributed by atoms with Crippen LogP contribution in [0.4, 0.5) is 0 Å². The maximum absolute atomic E-state index is 8.59. The molecule has 1 aliphatic carbocycles. The van der Waals surface area contributed by atoms with Crippen LogP contribution in [0.3, 0.4) is 0 Å². The van der Waals surface area contributed by atoms with E-state index in [0.29, 0.717) is 12.3 Å². The van der Waals surface area contributed by atoms with Gasteiger partial charge >= 0.3 is 0 Å². The Balaban J connectivity index is 1.92. The van der Waals surface area contributed by atoms with E-state index in [4.69, 9.17) is 10.9 Å². The van der Waals surface area contributed by atoms with Gasteiger partial charge in [0.2, 0.25) is 0 Å². The number of nitrogens with zero attached hydrogens (tertiary/aromatic N) is 2. The summed E-state index contributed by atoms with van der Waals surface area (Å²) in [5.74, 6) is 1.28. The molecule has 0 saturated heterocycles. The van der Waals surface area contributed by atoms with Crippen molar-refractivity contribution in [1.82, 2.24) is 4.98 Å². The molecule has 0 bridgehead atoms. The molecule has 1 saturated carbocycles. The first-order valence-corrected chi connectivity index (χ1v) is 7.13. The fraction of sp³-hybridized carbons (Fsp3) is 0.455. The molecule has 1 aromatic rings. The van der Waals surface area contributed by atoms with Crippen LogP contribution in [0.5, 0.6) is 0 Å². The number of hydrogen-bond acceptors (Lipinski definition) is 4. The first kappa shape index (κ1) is 12.7. The van der Waals surface area contributed by atoms with E-state index in [-0.39, 0.29) is 5.41 Å². The number of hydrogen-bond donors (Lipinski definition) is 2. The third-order valence-electron chi connectivity index (χ3n) is 2.88. The van der Waals surface area contributed by atoms with Gasteiger partial charge in [0.05, 0.1) is 0 Å².